The summed E-state index contributed by atoms with van der Waals surface area (Å²) in [5.74, 6) is 0.0829. The molecule has 2 aromatic rings. The first-order chi connectivity index (χ1) is 11.6. The molecule has 0 radical (unpaired) electrons. The Morgan fingerprint density at radius 2 is 2.21 bits per heavy atom. The summed E-state index contributed by atoms with van der Waals surface area (Å²) in [6, 6.07) is 5.65. The molecule has 2 N–H and O–H groups in total. The molecule has 0 spiro atoms. The average Bonchev–Trinajstić information content (AvgIpc) is 3.12. The number of ether oxygens (including phenoxy) is 1. The summed E-state index contributed by atoms with van der Waals surface area (Å²) in [6.07, 6.45) is 2.89. The third-order valence-corrected chi connectivity index (χ3v) is 4.11. The number of H-pyrrole nitrogens is 1. The molecule has 24 heavy (non-hydrogen) atoms. The van der Waals surface area contributed by atoms with Crippen LogP contribution in [0.1, 0.15) is 25.0 Å². The SMILES string of the molecule is O=C(CCOc1ccc(F)cc1)N1CCC[C@@](O)(c2cn[nH]n2)C1. The number of nitrogens with one attached hydrogen (secondary N) is 1. The lowest BCUT2D eigenvalue weighted by atomic mass is 9.90. The van der Waals surface area contributed by atoms with E-state index in [-0.39, 0.29) is 31.3 Å². The monoisotopic (exact) mass is 334 g/mol. The second kappa shape index (κ2) is 6.96. The van der Waals surface area contributed by atoms with Crippen LogP contribution in [0, 0.1) is 5.82 Å². The van der Waals surface area contributed by atoms with Crippen molar-refractivity contribution in [1.82, 2.24) is 20.3 Å². The number of likely N-dealkylation sites (tertiary alicyclic amines) is 1. The fraction of sp³-hybridized carbons (Fsp3) is 0.438. The van der Waals surface area contributed by atoms with Crippen molar-refractivity contribution in [2.75, 3.05) is 19.7 Å². The minimum Gasteiger partial charge on any atom is -0.493 e. The smallest absolute Gasteiger partial charge is 0.226 e. The molecule has 1 fully saturated rings. The van der Waals surface area contributed by atoms with Gasteiger partial charge in [0.05, 0.1) is 25.8 Å². The second-order valence-electron chi connectivity index (χ2n) is 5.86. The van der Waals surface area contributed by atoms with Crippen molar-refractivity contribution in [1.29, 1.82) is 0 Å². The predicted molar refractivity (Wildman–Crippen MR) is 82.6 cm³/mol. The number of halogens is 1. The van der Waals surface area contributed by atoms with Crippen LogP contribution in [0.15, 0.2) is 30.5 Å². The number of aliphatic hydroxyl groups is 1. The topological polar surface area (TPSA) is 91.3 Å². The summed E-state index contributed by atoms with van der Waals surface area (Å²) < 4.78 is 18.3. The van der Waals surface area contributed by atoms with E-state index in [9.17, 15) is 14.3 Å². The molecule has 1 amide bonds. The molecule has 1 aliphatic heterocycles. The average molecular weight is 334 g/mol. The van der Waals surface area contributed by atoms with E-state index in [0.717, 1.165) is 0 Å². The Hall–Kier alpha value is -2.48. The number of aromatic amines is 1. The molecule has 1 aromatic heterocycles. The number of benzene rings is 1. The van der Waals surface area contributed by atoms with Crippen LogP contribution in [-0.2, 0) is 10.4 Å². The third-order valence-electron chi connectivity index (χ3n) is 4.11. The molecule has 128 valence electrons. The molecule has 1 atom stereocenters. The first kappa shape index (κ1) is 16.4. The van der Waals surface area contributed by atoms with E-state index in [2.05, 4.69) is 15.4 Å². The van der Waals surface area contributed by atoms with E-state index in [1.165, 1.54) is 30.5 Å². The van der Waals surface area contributed by atoms with Crippen LogP contribution in [0.5, 0.6) is 5.75 Å². The summed E-state index contributed by atoms with van der Waals surface area (Å²) in [5, 5.41) is 20.8. The van der Waals surface area contributed by atoms with Gasteiger partial charge in [-0.3, -0.25) is 4.79 Å². The third kappa shape index (κ3) is 3.70. The zero-order chi connectivity index (χ0) is 17.0. The van der Waals surface area contributed by atoms with Gasteiger partial charge in [-0.05, 0) is 37.1 Å². The molecule has 0 bridgehead atoms. The van der Waals surface area contributed by atoms with E-state index in [4.69, 9.17) is 4.74 Å². The number of piperidine rings is 1. The highest BCUT2D eigenvalue weighted by Gasteiger charge is 2.38. The summed E-state index contributed by atoms with van der Waals surface area (Å²) in [4.78, 5) is 13.9. The fourth-order valence-corrected chi connectivity index (χ4v) is 2.83. The Morgan fingerprint density at radius 3 is 2.92 bits per heavy atom. The highest BCUT2D eigenvalue weighted by atomic mass is 19.1. The Labute approximate surface area is 138 Å². The van der Waals surface area contributed by atoms with Crippen molar-refractivity contribution >= 4 is 5.91 Å². The van der Waals surface area contributed by atoms with Crippen LogP contribution in [0.2, 0.25) is 0 Å². The molecular weight excluding hydrogens is 315 g/mol. The lowest BCUT2D eigenvalue weighted by Gasteiger charge is -2.38. The van der Waals surface area contributed by atoms with E-state index in [1.807, 2.05) is 0 Å². The van der Waals surface area contributed by atoms with Gasteiger partial charge in [0.25, 0.3) is 0 Å². The molecule has 1 saturated heterocycles. The van der Waals surface area contributed by atoms with E-state index in [0.29, 0.717) is 30.8 Å². The molecule has 1 aromatic carbocycles. The maximum absolute atomic E-state index is 12.8. The standard InChI is InChI=1S/C16H19FN4O3/c17-12-2-4-13(5-3-12)24-9-6-15(22)21-8-1-7-16(23,11-21)14-10-18-20-19-14/h2-5,10,23H,1,6-9,11H2,(H,18,19,20)/t16-/m0/s1. The van der Waals surface area contributed by atoms with E-state index in [1.54, 1.807) is 4.90 Å². The van der Waals surface area contributed by atoms with Gasteiger partial charge in [-0.15, -0.1) is 0 Å². The molecule has 7 nitrogen and oxygen atoms in total. The molecule has 0 saturated carbocycles. The number of hydrogen-bond donors (Lipinski definition) is 2. The number of hydrogen-bond acceptors (Lipinski definition) is 5. The normalized spacial score (nSPS) is 20.8. The van der Waals surface area contributed by atoms with Crippen LogP contribution in [0.3, 0.4) is 0 Å². The zero-order valence-corrected chi connectivity index (χ0v) is 13.1. The summed E-state index contributed by atoms with van der Waals surface area (Å²) >= 11 is 0. The molecule has 8 heteroatoms. The van der Waals surface area contributed by atoms with Crippen molar-refractivity contribution in [2.45, 2.75) is 24.9 Å². The largest absolute Gasteiger partial charge is 0.493 e. The van der Waals surface area contributed by atoms with E-state index >= 15 is 0 Å². The maximum atomic E-state index is 12.8. The quantitative estimate of drug-likeness (QED) is 0.858. The maximum Gasteiger partial charge on any atom is 0.226 e. The second-order valence-corrected chi connectivity index (χ2v) is 5.86. The number of carbonyl (C=O) groups excluding carboxylic acids is 1. The number of rotatable bonds is 5. The van der Waals surface area contributed by atoms with E-state index < -0.39 is 5.60 Å². The van der Waals surface area contributed by atoms with Gasteiger partial charge >= 0.3 is 0 Å². The van der Waals surface area contributed by atoms with Gasteiger partial charge in [0.1, 0.15) is 22.9 Å². The van der Waals surface area contributed by atoms with Crippen LogP contribution in [-0.4, -0.2) is 51.0 Å². The van der Waals surface area contributed by atoms with Gasteiger partial charge in [0.2, 0.25) is 5.91 Å². The van der Waals surface area contributed by atoms with Crippen molar-refractivity contribution in [3.8, 4) is 5.75 Å². The molecule has 0 unspecified atom stereocenters. The van der Waals surface area contributed by atoms with Crippen LogP contribution < -0.4 is 4.74 Å². The fourth-order valence-electron chi connectivity index (χ4n) is 2.83. The van der Waals surface area contributed by atoms with Gasteiger partial charge < -0.3 is 14.7 Å². The predicted octanol–water partition coefficient (Wildman–Crippen LogP) is 1.22. The summed E-state index contributed by atoms with van der Waals surface area (Å²) in [7, 11) is 0. The Morgan fingerprint density at radius 1 is 1.42 bits per heavy atom. The number of amides is 1. The minimum atomic E-state index is -1.17. The first-order valence-electron chi connectivity index (χ1n) is 7.82. The Bertz CT molecular complexity index is 677. The molecule has 3 rings (SSSR count). The number of carbonyl (C=O) groups is 1. The van der Waals surface area contributed by atoms with Crippen molar-refractivity contribution < 1.29 is 19.0 Å². The van der Waals surface area contributed by atoms with Crippen LogP contribution in [0.25, 0.3) is 0 Å². The molecular formula is C16H19FN4O3. The first-order valence-corrected chi connectivity index (χ1v) is 7.82. The number of aromatic nitrogens is 3. The minimum absolute atomic E-state index is 0.0984. The van der Waals surface area contributed by atoms with Crippen molar-refractivity contribution in [3.63, 3.8) is 0 Å². The van der Waals surface area contributed by atoms with Crippen molar-refractivity contribution in [3.05, 3.63) is 42.0 Å². The Balaban J connectivity index is 1.52. The highest BCUT2D eigenvalue weighted by Crippen LogP contribution is 2.29. The van der Waals surface area contributed by atoms with Gasteiger partial charge in [0, 0.05) is 6.54 Å². The van der Waals surface area contributed by atoms with Gasteiger partial charge in [-0.25, -0.2) is 4.39 Å². The summed E-state index contributed by atoms with van der Waals surface area (Å²) in [6.45, 7) is 0.980. The number of nitrogens with zero attached hydrogens (tertiary/aromatic N) is 3. The molecule has 0 aliphatic carbocycles. The number of β-amino-alcohol motifs (C(OH)–C–C–N with tert-alkyl or cyclic N) is 1. The van der Waals surface area contributed by atoms with Gasteiger partial charge in [-0.1, -0.05) is 0 Å². The Kier molecular flexibility index (Phi) is 4.75. The van der Waals surface area contributed by atoms with Crippen LogP contribution >= 0.6 is 0 Å². The van der Waals surface area contributed by atoms with Gasteiger partial charge in [-0.2, -0.15) is 15.4 Å². The van der Waals surface area contributed by atoms with Crippen molar-refractivity contribution in [2.24, 2.45) is 0 Å². The lowest BCUT2D eigenvalue weighted by Crippen LogP contribution is -2.49. The van der Waals surface area contributed by atoms with Crippen LogP contribution in [0.4, 0.5) is 4.39 Å². The molecule has 2 heterocycles. The lowest BCUT2D eigenvalue weighted by molar-refractivity contribution is -0.139. The highest BCUT2D eigenvalue weighted by molar-refractivity contribution is 5.76. The zero-order valence-electron chi connectivity index (χ0n) is 13.1. The molecule has 1 aliphatic rings. The van der Waals surface area contributed by atoms with Gasteiger partial charge in [0.15, 0.2) is 0 Å². The summed E-state index contributed by atoms with van der Waals surface area (Å²) in [5.41, 5.74) is -0.721.